The summed E-state index contributed by atoms with van der Waals surface area (Å²) in [5.41, 5.74) is 0. The van der Waals surface area contributed by atoms with Crippen molar-refractivity contribution in [2.75, 3.05) is 0 Å². The summed E-state index contributed by atoms with van der Waals surface area (Å²) in [4.78, 5) is 10.6. The Hall–Kier alpha value is -0.560. The van der Waals surface area contributed by atoms with E-state index in [4.69, 9.17) is 11.6 Å². The Morgan fingerprint density at radius 1 is 1.82 bits per heavy atom. The van der Waals surface area contributed by atoms with E-state index in [2.05, 4.69) is 6.58 Å². The molecule has 1 saturated carbocycles. The minimum Gasteiger partial charge on any atom is -0.297 e. The maximum absolute atomic E-state index is 11.4. The Kier molecular flexibility index (Phi) is 1.28. The fourth-order valence-electron chi connectivity index (χ4n) is 1.94. The van der Waals surface area contributed by atoms with E-state index in [1.807, 2.05) is 12.2 Å². The zero-order valence-corrected chi connectivity index (χ0v) is 6.84. The third kappa shape index (κ3) is 0.646. The molecule has 2 aliphatic carbocycles. The van der Waals surface area contributed by atoms with Crippen LogP contribution >= 0.6 is 11.6 Å². The molecule has 0 amide bonds. The number of halogens is 1. The number of rotatable bonds is 1. The molecule has 0 aromatic carbocycles. The lowest BCUT2D eigenvalue weighted by molar-refractivity contribution is -0.134. The zero-order valence-electron chi connectivity index (χ0n) is 6.09. The summed E-state index contributed by atoms with van der Waals surface area (Å²) in [6, 6.07) is 0. The fraction of sp³-hybridized carbons (Fsp3) is 0.444. The average molecular weight is 169 g/mol. The number of fused-ring (bicyclic) bond motifs is 1. The van der Waals surface area contributed by atoms with Gasteiger partial charge in [0.2, 0.25) is 0 Å². The Morgan fingerprint density at radius 3 is 3.18 bits per heavy atom. The summed E-state index contributed by atoms with van der Waals surface area (Å²) >= 11 is 6.02. The Bertz CT molecular complexity index is 256. The number of carbonyl (C=O) groups is 1. The summed E-state index contributed by atoms with van der Waals surface area (Å²) in [5.74, 6) is 0.517. The molecule has 0 heterocycles. The standard InChI is InChI=1S/C9H9ClO/c1-2-9(10)7-5-3-4-6(7)8(9)11/h2-3,5-7H,1,4H2/t6-,7+,9+/m0/s1. The first-order valence-corrected chi connectivity index (χ1v) is 4.11. The van der Waals surface area contributed by atoms with Crippen molar-refractivity contribution in [3.63, 3.8) is 0 Å². The van der Waals surface area contributed by atoms with Crippen LogP contribution in [0, 0.1) is 11.8 Å². The van der Waals surface area contributed by atoms with Gasteiger partial charge < -0.3 is 0 Å². The molecule has 0 aromatic rings. The predicted octanol–water partition coefficient (Wildman–Crippen LogP) is 1.93. The van der Waals surface area contributed by atoms with Crippen LogP contribution in [0.4, 0.5) is 0 Å². The lowest BCUT2D eigenvalue weighted by Crippen LogP contribution is -2.56. The molecular formula is C9H9ClO. The summed E-state index contributed by atoms with van der Waals surface area (Å²) in [6.45, 7) is 3.58. The molecule has 11 heavy (non-hydrogen) atoms. The monoisotopic (exact) mass is 168 g/mol. The quantitative estimate of drug-likeness (QED) is 0.432. The van der Waals surface area contributed by atoms with E-state index in [1.165, 1.54) is 0 Å². The normalized spacial score (nSPS) is 46.8. The van der Waals surface area contributed by atoms with Crippen LogP contribution in [0.15, 0.2) is 24.8 Å². The van der Waals surface area contributed by atoms with Gasteiger partial charge in [0, 0.05) is 11.8 Å². The molecule has 1 nitrogen and oxygen atoms in total. The van der Waals surface area contributed by atoms with Crippen molar-refractivity contribution >= 4 is 17.4 Å². The van der Waals surface area contributed by atoms with Crippen LogP contribution < -0.4 is 0 Å². The van der Waals surface area contributed by atoms with Crippen molar-refractivity contribution in [2.45, 2.75) is 11.3 Å². The molecule has 0 aromatic heterocycles. The van der Waals surface area contributed by atoms with Gasteiger partial charge in [0.15, 0.2) is 5.78 Å². The molecule has 0 bridgehead atoms. The van der Waals surface area contributed by atoms with E-state index < -0.39 is 4.87 Å². The van der Waals surface area contributed by atoms with E-state index in [0.29, 0.717) is 0 Å². The van der Waals surface area contributed by atoms with Gasteiger partial charge in [-0.05, 0) is 6.42 Å². The summed E-state index contributed by atoms with van der Waals surface area (Å²) in [5, 5.41) is 0. The summed E-state index contributed by atoms with van der Waals surface area (Å²) in [6.07, 6.45) is 6.49. The van der Waals surface area contributed by atoms with Gasteiger partial charge >= 0.3 is 0 Å². The smallest absolute Gasteiger partial charge is 0.162 e. The molecule has 2 aliphatic rings. The average Bonchev–Trinajstić information content (AvgIpc) is 2.48. The third-order valence-electron chi connectivity index (χ3n) is 2.66. The maximum Gasteiger partial charge on any atom is 0.162 e. The number of alkyl halides is 1. The first-order chi connectivity index (χ1) is 5.20. The Balaban J connectivity index is 2.33. The summed E-state index contributed by atoms with van der Waals surface area (Å²) in [7, 11) is 0. The van der Waals surface area contributed by atoms with Crippen LogP contribution in [0.25, 0.3) is 0 Å². The highest BCUT2D eigenvalue weighted by molar-refractivity contribution is 6.40. The van der Waals surface area contributed by atoms with Crippen LogP contribution in [0.3, 0.4) is 0 Å². The van der Waals surface area contributed by atoms with Crippen molar-refractivity contribution in [2.24, 2.45) is 11.8 Å². The number of hydrogen-bond acceptors (Lipinski definition) is 1. The summed E-state index contributed by atoms with van der Waals surface area (Å²) < 4.78 is 0. The van der Waals surface area contributed by atoms with Crippen molar-refractivity contribution in [1.29, 1.82) is 0 Å². The molecule has 0 saturated heterocycles. The number of carbonyl (C=O) groups excluding carboxylic acids is 1. The van der Waals surface area contributed by atoms with Gasteiger partial charge in [0.25, 0.3) is 0 Å². The Morgan fingerprint density at radius 2 is 2.55 bits per heavy atom. The van der Waals surface area contributed by atoms with Gasteiger partial charge in [-0.2, -0.15) is 0 Å². The lowest BCUT2D eigenvalue weighted by Gasteiger charge is -2.43. The van der Waals surface area contributed by atoms with Crippen LogP contribution in [0.5, 0.6) is 0 Å². The fourth-order valence-corrected chi connectivity index (χ4v) is 2.31. The van der Waals surface area contributed by atoms with Crippen molar-refractivity contribution < 1.29 is 4.79 Å². The maximum atomic E-state index is 11.4. The molecule has 0 unspecified atom stereocenters. The molecule has 2 heteroatoms. The zero-order chi connectivity index (χ0) is 8.06. The molecule has 58 valence electrons. The third-order valence-corrected chi connectivity index (χ3v) is 3.26. The predicted molar refractivity (Wildman–Crippen MR) is 44.5 cm³/mol. The molecule has 0 aliphatic heterocycles. The van der Waals surface area contributed by atoms with Crippen molar-refractivity contribution in [3.8, 4) is 0 Å². The van der Waals surface area contributed by atoms with Crippen molar-refractivity contribution in [3.05, 3.63) is 24.8 Å². The number of ketones is 1. The van der Waals surface area contributed by atoms with E-state index in [-0.39, 0.29) is 17.6 Å². The first kappa shape index (κ1) is 7.11. The van der Waals surface area contributed by atoms with Gasteiger partial charge in [-0.25, -0.2) is 0 Å². The number of allylic oxidation sites excluding steroid dienone is 3. The molecule has 0 spiro atoms. The van der Waals surface area contributed by atoms with Crippen LogP contribution in [0.1, 0.15) is 6.42 Å². The van der Waals surface area contributed by atoms with Crippen LogP contribution in [0.2, 0.25) is 0 Å². The number of Topliss-reactive ketones (excluding diaryl/α,β-unsaturated/α-hetero) is 1. The van der Waals surface area contributed by atoms with E-state index in [9.17, 15) is 4.79 Å². The van der Waals surface area contributed by atoms with Crippen molar-refractivity contribution in [1.82, 2.24) is 0 Å². The highest BCUT2D eigenvalue weighted by Crippen LogP contribution is 2.51. The SMILES string of the molecule is C=C[C@]1(Cl)C(=O)[C@H]2CC=C[C@H]21. The molecule has 0 N–H and O–H groups in total. The largest absolute Gasteiger partial charge is 0.297 e. The molecular weight excluding hydrogens is 160 g/mol. The highest BCUT2D eigenvalue weighted by Gasteiger charge is 2.59. The second-order valence-corrected chi connectivity index (χ2v) is 3.76. The second kappa shape index (κ2) is 1.98. The van der Waals surface area contributed by atoms with Gasteiger partial charge in [-0.15, -0.1) is 18.2 Å². The number of hydrogen-bond donors (Lipinski definition) is 0. The van der Waals surface area contributed by atoms with E-state index in [1.54, 1.807) is 6.08 Å². The molecule has 3 atom stereocenters. The minimum atomic E-state index is -0.766. The Labute approximate surface area is 70.7 Å². The molecule has 2 rings (SSSR count). The molecule has 0 radical (unpaired) electrons. The van der Waals surface area contributed by atoms with Gasteiger partial charge in [0.05, 0.1) is 0 Å². The van der Waals surface area contributed by atoms with Gasteiger partial charge in [-0.3, -0.25) is 4.79 Å². The second-order valence-electron chi connectivity index (χ2n) is 3.13. The van der Waals surface area contributed by atoms with E-state index in [0.717, 1.165) is 6.42 Å². The van der Waals surface area contributed by atoms with Gasteiger partial charge in [0.1, 0.15) is 4.87 Å². The first-order valence-electron chi connectivity index (χ1n) is 3.73. The topological polar surface area (TPSA) is 17.1 Å². The van der Waals surface area contributed by atoms with Crippen LogP contribution in [-0.2, 0) is 4.79 Å². The van der Waals surface area contributed by atoms with E-state index >= 15 is 0 Å². The van der Waals surface area contributed by atoms with Gasteiger partial charge in [-0.1, -0.05) is 18.2 Å². The minimum absolute atomic E-state index is 0.143. The lowest BCUT2D eigenvalue weighted by atomic mass is 9.64. The highest BCUT2D eigenvalue weighted by atomic mass is 35.5. The molecule has 1 fully saturated rings. The van der Waals surface area contributed by atoms with Crippen LogP contribution in [-0.4, -0.2) is 10.7 Å².